The number of amidine groups is 1. The van der Waals surface area contributed by atoms with Crippen LogP contribution in [-0.2, 0) is 0 Å². The van der Waals surface area contributed by atoms with Gasteiger partial charge in [0, 0.05) is 24.2 Å². The van der Waals surface area contributed by atoms with E-state index in [-0.39, 0.29) is 0 Å². The van der Waals surface area contributed by atoms with E-state index in [0.717, 1.165) is 16.5 Å². The molecule has 3 nitrogen and oxygen atoms in total. The number of hydrogen-bond donors (Lipinski definition) is 1. The first-order chi connectivity index (χ1) is 6.83. The third-order valence-corrected chi connectivity index (χ3v) is 2.15. The molecule has 0 aliphatic carbocycles. The Balaban J connectivity index is 2.77. The average molecular weight is 185 g/mol. The molecule has 14 heavy (non-hydrogen) atoms. The minimum atomic E-state index is 0.522. The summed E-state index contributed by atoms with van der Waals surface area (Å²) in [5, 5.41) is 1.08. The molecule has 0 saturated heterocycles. The predicted octanol–water partition coefficient (Wildman–Crippen LogP) is 1.57. The molecule has 0 bridgehead atoms. The summed E-state index contributed by atoms with van der Waals surface area (Å²) in [6.07, 6.45) is 1.76. The highest BCUT2D eigenvalue weighted by Crippen LogP contribution is 2.15. The number of nitrogens with zero attached hydrogens (tertiary/aromatic N) is 2. The normalized spacial score (nSPS) is 11.9. The summed E-state index contributed by atoms with van der Waals surface area (Å²) >= 11 is 0. The topological polar surface area (TPSA) is 51.3 Å². The van der Waals surface area contributed by atoms with Gasteiger partial charge in [-0.05, 0) is 12.1 Å². The number of benzene rings is 1. The monoisotopic (exact) mass is 185 g/mol. The van der Waals surface area contributed by atoms with Crippen molar-refractivity contribution in [2.75, 3.05) is 7.05 Å². The smallest absolute Gasteiger partial charge is 0.127 e. The number of aromatic nitrogens is 1. The molecule has 0 radical (unpaired) electrons. The van der Waals surface area contributed by atoms with Crippen LogP contribution < -0.4 is 5.73 Å². The van der Waals surface area contributed by atoms with E-state index in [0.29, 0.717) is 5.84 Å². The van der Waals surface area contributed by atoms with Crippen LogP contribution in [0.3, 0.4) is 0 Å². The maximum atomic E-state index is 5.77. The van der Waals surface area contributed by atoms with Crippen molar-refractivity contribution in [3.05, 3.63) is 42.1 Å². The van der Waals surface area contributed by atoms with Gasteiger partial charge in [0.25, 0.3) is 0 Å². The van der Waals surface area contributed by atoms with E-state index in [1.165, 1.54) is 0 Å². The van der Waals surface area contributed by atoms with Crippen molar-refractivity contribution < 1.29 is 0 Å². The summed E-state index contributed by atoms with van der Waals surface area (Å²) in [4.78, 5) is 8.25. The largest absolute Gasteiger partial charge is 0.383 e. The van der Waals surface area contributed by atoms with Crippen molar-refractivity contribution in [2.24, 2.45) is 10.7 Å². The van der Waals surface area contributed by atoms with Crippen molar-refractivity contribution in [1.29, 1.82) is 0 Å². The van der Waals surface area contributed by atoms with Gasteiger partial charge in [0.2, 0.25) is 0 Å². The molecule has 2 aromatic rings. The lowest BCUT2D eigenvalue weighted by atomic mass is 10.1. The fourth-order valence-corrected chi connectivity index (χ4v) is 1.43. The number of nitrogens with two attached hydrogens (primary N) is 1. The molecule has 1 heterocycles. The van der Waals surface area contributed by atoms with Gasteiger partial charge in [-0.25, -0.2) is 0 Å². The zero-order chi connectivity index (χ0) is 9.97. The van der Waals surface area contributed by atoms with Crippen LogP contribution in [0, 0.1) is 0 Å². The van der Waals surface area contributed by atoms with E-state index in [1.807, 2.05) is 30.3 Å². The van der Waals surface area contributed by atoms with Gasteiger partial charge >= 0.3 is 0 Å². The van der Waals surface area contributed by atoms with E-state index in [2.05, 4.69) is 9.98 Å². The summed E-state index contributed by atoms with van der Waals surface area (Å²) < 4.78 is 0. The van der Waals surface area contributed by atoms with Crippen molar-refractivity contribution >= 4 is 16.7 Å². The summed E-state index contributed by atoms with van der Waals surface area (Å²) in [7, 11) is 1.68. The van der Waals surface area contributed by atoms with Crippen LogP contribution >= 0.6 is 0 Å². The molecule has 0 fully saturated rings. The van der Waals surface area contributed by atoms with Gasteiger partial charge in [-0.1, -0.05) is 18.2 Å². The van der Waals surface area contributed by atoms with Gasteiger partial charge in [-0.3, -0.25) is 9.98 Å². The van der Waals surface area contributed by atoms with Crippen LogP contribution in [0.1, 0.15) is 5.56 Å². The molecule has 70 valence electrons. The minimum Gasteiger partial charge on any atom is -0.383 e. The Morgan fingerprint density at radius 3 is 2.86 bits per heavy atom. The van der Waals surface area contributed by atoms with Gasteiger partial charge in [-0.2, -0.15) is 0 Å². The van der Waals surface area contributed by atoms with Crippen molar-refractivity contribution in [1.82, 2.24) is 4.98 Å². The van der Waals surface area contributed by atoms with Gasteiger partial charge < -0.3 is 5.73 Å². The molecule has 0 aliphatic heterocycles. The molecular weight excluding hydrogens is 174 g/mol. The van der Waals surface area contributed by atoms with Crippen LogP contribution in [0.5, 0.6) is 0 Å². The maximum absolute atomic E-state index is 5.77. The van der Waals surface area contributed by atoms with Gasteiger partial charge in [-0.15, -0.1) is 0 Å². The zero-order valence-corrected chi connectivity index (χ0v) is 7.94. The Morgan fingerprint density at radius 1 is 1.29 bits per heavy atom. The van der Waals surface area contributed by atoms with E-state index >= 15 is 0 Å². The van der Waals surface area contributed by atoms with Crippen LogP contribution in [0.15, 0.2) is 41.5 Å². The lowest BCUT2D eigenvalue weighted by Gasteiger charge is -2.03. The first kappa shape index (κ1) is 8.69. The van der Waals surface area contributed by atoms with E-state index in [4.69, 9.17) is 5.73 Å². The molecule has 0 atom stereocenters. The quantitative estimate of drug-likeness (QED) is 0.541. The maximum Gasteiger partial charge on any atom is 0.127 e. The third-order valence-electron chi connectivity index (χ3n) is 2.15. The van der Waals surface area contributed by atoms with Gasteiger partial charge in [0.1, 0.15) is 5.84 Å². The number of fused-ring (bicyclic) bond motifs is 1. The van der Waals surface area contributed by atoms with Gasteiger partial charge in [0.05, 0.1) is 5.52 Å². The number of para-hydroxylation sites is 1. The van der Waals surface area contributed by atoms with Crippen LogP contribution in [0.4, 0.5) is 0 Å². The Kier molecular flexibility index (Phi) is 2.14. The standard InChI is InChI=1S/C11H11N3/c1-13-11(12)9-6-2-4-8-5-3-7-14-10(8)9/h2-7H,1H3,(H2,12,13). The van der Waals surface area contributed by atoms with Crippen molar-refractivity contribution in [3.8, 4) is 0 Å². The van der Waals surface area contributed by atoms with Crippen molar-refractivity contribution in [3.63, 3.8) is 0 Å². The number of rotatable bonds is 1. The van der Waals surface area contributed by atoms with Crippen molar-refractivity contribution in [2.45, 2.75) is 0 Å². The lowest BCUT2D eigenvalue weighted by Crippen LogP contribution is -2.13. The predicted molar refractivity (Wildman–Crippen MR) is 58.4 cm³/mol. The highest BCUT2D eigenvalue weighted by molar-refractivity contribution is 6.07. The first-order valence-electron chi connectivity index (χ1n) is 4.39. The summed E-state index contributed by atoms with van der Waals surface area (Å²) in [5.74, 6) is 0.522. The molecule has 0 saturated carbocycles. The number of aliphatic imine (C=N–C) groups is 1. The summed E-state index contributed by atoms with van der Waals surface area (Å²) in [6, 6.07) is 9.81. The second-order valence-electron chi connectivity index (χ2n) is 2.99. The van der Waals surface area contributed by atoms with E-state index < -0.39 is 0 Å². The molecule has 1 aromatic heterocycles. The van der Waals surface area contributed by atoms with E-state index in [9.17, 15) is 0 Å². The zero-order valence-electron chi connectivity index (χ0n) is 7.94. The Bertz CT molecular complexity index is 483. The molecule has 1 aromatic carbocycles. The van der Waals surface area contributed by atoms with Crippen LogP contribution in [0.2, 0.25) is 0 Å². The average Bonchev–Trinajstić information content (AvgIpc) is 2.27. The fourth-order valence-electron chi connectivity index (χ4n) is 1.43. The molecule has 2 rings (SSSR count). The Morgan fingerprint density at radius 2 is 2.07 bits per heavy atom. The second kappa shape index (κ2) is 3.46. The lowest BCUT2D eigenvalue weighted by molar-refractivity contribution is 1.36. The molecule has 0 spiro atoms. The summed E-state index contributed by atoms with van der Waals surface area (Å²) in [5.41, 5.74) is 7.57. The highest BCUT2D eigenvalue weighted by Gasteiger charge is 2.03. The fraction of sp³-hybridized carbons (Fsp3) is 0.0909. The minimum absolute atomic E-state index is 0.522. The SMILES string of the molecule is CN=C(N)c1cccc2cccnc12. The molecule has 0 aliphatic rings. The Labute approximate surface area is 82.3 Å². The highest BCUT2D eigenvalue weighted by atomic mass is 14.8. The second-order valence-corrected chi connectivity index (χ2v) is 2.99. The van der Waals surface area contributed by atoms with E-state index in [1.54, 1.807) is 13.2 Å². The molecule has 0 amide bonds. The number of hydrogen-bond acceptors (Lipinski definition) is 2. The Hall–Kier alpha value is -1.90. The number of pyridine rings is 1. The van der Waals surface area contributed by atoms with Gasteiger partial charge in [0.15, 0.2) is 0 Å². The molecule has 0 unspecified atom stereocenters. The first-order valence-corrected chi connectivity index (χ1v) is 4.39. The molecule has 2 N–H and O–H groups in total. The summed E-state index contributed by atoms with van der Waals surface area (Å²) in [6.45, 7) is 0. The molecular formula is C11H11N3. The van der Waals surface area contributed by atoms with Crippen LogP contribution in [0.25, 0.3) is 10.9 Å². The third kappa shape index (κ3) is 1.33. The molecule has 3 heteroatoms. The van der Waals surface area contributed by atoms with Crippen LogP contribution in [-0.4, -0.2) is 17.9 Å².